The number of nitrogens with one attached hydrogen (secondary N) is 2. The topological polar surface area (TPSA) is 56.7 Å². The lowest BCUT2D eigenvalue weighted by atomic mass is 10.0. The molecule has 1 aromatic carbocycles. The molecule has 0 radical (unpaired) electrons. The van der Waals surface area contributed by atoms with Crippen LogP contribution >= 0.6 is 24.0 Å². The molecule has 1 aromatic rings. The Bertz CT molecular complexity index is 594. The lowest BCUT2D eigenvalue weighted by Crippen LogP contribution is -2.42. The molecule has 0 aliphatic carbocycles. The van der Waals surface area contributed by atoms with Gasteiger partial charge in [0.2, 0.25) is 5.91 Å². The van der Waals surface area contributed by atoms with E-state index < -0.39 is 0 Å². The van der Waals surface area contributed by atoms with E-state index in [2.05, 4.69) is 22.5 Å². The van der Waals surface area contributed by atoms with Crippen LogP contribution in [0, 0.1) is 5.82 Å². The second-order valence-corrected chi connectivity index (χ2v) is 6.75. The molecule has 1 unspecified atom stereocenters. The molecule has 0 spiro atoms. The number of rotatable bonds is 7. The predicted molar refractivity (Wildman–Crippen MR) is 119 cm³/mol. The van der Waals surface area contributed by atoms with Crippen molar-refractivity contribution in [2.75, 3.05) is 26.2 Å². The zero-order chi connectivity index (χ0) is 18.8. The maximum absolute atomic E-state index is 12.9. The first-order valence-corrected chi connectivity index (χ1v) is 9.66. The van der Waals surface area contributed by atoms with E-state index in [0.29, 0.717) is 31.5 Å². The van der Waals surface area contributed by atoms with E-state index in [0.717, 1.165) is 37.9 Å². The number of amides is 1. The summed E-state index contributed by atoms with van der Waals surface area (Å²) in [7, 11) is 0. The molecule has 1 fully saturated rings. The maximum atomic E-state index is 12.9. The first-order valence-electron chi connectivity index (χ1n) is 9.66. The summed E-state index contributed by atoms with van der Waals surface area (Å²) in [5.41, 5.74) is 1.07. The van der Waals surface area contributed by atoms with Gasteiger partial charge in [0.05, 0.1) is 6.54 Å². The highest BCUT2D eigenvalue weighted by molar-refractivity contribution is 14.0. The van der Waals surface area contributed by atoms with Crippen LogP contribution in [0.1, 0.15) is 45.1 Å². The van der Waals surface area contributed by atoms with Crippen LogP contribution in [0.5, 0.6) is 0 Å². The summed E-state index contributed by atoms with van der Waals surface area (Å²) < 4.78 is 12.9. The molecule has 0 aromatic heterocycles. The molecule has 2 N–H and O–H groups in total. The predicted octanol–water partition coefficient (Wildman–Crippen LogP) is 3.33. The summed E-state index contributed by atoms with van der Waals surface area (Å²) in [4.78, 5) is 18.9. The van der Waals surface area contributed by atoms with Crippen LogP contribution in [-0.2, 0) is 11.2 Å². The van der Waals surface area contributed by atoms with Gasteiger partial charge in [0.15, 0.2) is 5.96 Å². The molecular weight excluding hydrogens is 458 g/mol. The van der Waals surface area contributed by atoms with E-state index in [1.54, 1.807) is 12.1 Å². The highest BCUT2D eigenvalue weighted by Crippen LogP contribution is 2.17. The summed E-state index contributed by atoms with van der Waals surface area (Å²) in [6.45, 7) is 6.96. The van der Waals surface area contributed by atoms with Crippen LogP contribution in [0.15, 0.2) is 29.3 Å². The van der Waals surface area contributed by atoms with Crippen LogP contribution in [-0.4, -0.2) is 49.0 Å². The molecule has 27 heavy (non-hydrogen) atoms. The van der Waals surface area contributed by atoms with Crippen LogP contribution in [0.2, 0.25) is 0 Å². The van der Waals surface area contributed by atoms with Crippen LogP contribution < -0.4 is 10.6 Å². The Labute approximate surface area is 179 Å². The lowest BCUT2D eigenvalue weighted by Gasteiger charge is -2.33. The number of carbonyl (C=O) groups excluding carboxylic acids is 1. The Hall–Kier alpha value is -1.38. The van der Waals surface area contributed by atoms with E-state index in [9.17, 15) is 9.18 Å². The second-order valence-electron chi connectivity index (χ2n) is 6.75. The molecule has 1 atom stereocenters. The minimum atomic E-state index is -0.218. The fourth-order valence-corrected chi connectivity index (χ4v) is 3.19. The summed E-state index contributed by atoms with van der Waals surface area (Å²) in [6, 6.07) is 6.88. The monoisotopic (exact) mass is 490 g/mol. The van der Waals surface area contributed by atoms with Gasteiger partial charge in [-0.05, 0) is 57.2 Å². The highest BCUT2D eigenvalue weighted by atomic mass is 127. The molecule has 7 heteroatoms. The quantitative estimate of drug-likeness (QED) is 0.350. The van der Waals surface area contributed by atoms with Gasteiger partial charge in [-0.15, -0.1) is 24.0 Å². The number of halogens is 2. The van der Waals surface area contributed by atoms with Gasteiger partial charge in [0, 0.05) is 32.1 Å². The molecule has 0 saturated carbocycles. The van der Waals surface area contributed by atoms with Crippen LogP contribution in [0.3, 0.4) is 0 Å². The molecule has 1 amide bonds. The Balaban J connectivity index is 0.00000364. The Morgan fingerprint density at radius 2 is 2.00 bits per heavy atom. The van der Waals surface area contributed by atoms with Gasteiger partial charge in [-0.2, -0.15) is 0 Å². The van der Waals surface area contributed by atoms with Crippen molar-refractivity contribution in [2.24, 2.45) is 4.99 Å². The van der Waals surface area contributed by atoms with Gasteiger partial charge in [-0.3, -0.25) is 9.79 Å². The molecule has 152 valence electrons. The van der Waals surface area contributed by atoms with E-state index in [4.69, 9.17) is 0 Å². The van der Waals surface area contributed by atoms with Gasteiger partial charge in [-0.1, -0.05) is 12.1 Å². The standard InChI is InChI=1S/C20H31FN4O.HI/c1-3-22-20(23-13-11-17-7-9-18(21)10-8-17)24-14-12-19(26)25-15-5-4-6-16(25)2;/h7-10,16H,3-6,11-15H2,1-2H3,(H2,22,23,24);1H. The minimum absolute atomic E-state index is 0. The normalized spacial score (nSPS) is 17.2. The van der Waals surface area contributed by atoms with Crippen molar-refractivity contribution in [3.63, 3.8) is 0 Å². The van der Waals surface area contributed by atoms with E-state index >= 15 is 0 Å². The molecule has 1 heterocycles. The first kappa shape index (κ1) is 23.7. The average Bonchev–Trinajstić information content (AvgIpc) is 2.63. The third-order valence-corrected chi connectivity index (χ3v) is 4.68. The molecule has 1 saturated heterocycles. The minimum Gasteiger partial charge on any atom is -0.357 e. The Morgan fingerprint density at radius 1 is 1.26 bits per heavy atom. The van der Waals surface area contributed by atoms with Crippen LogP contribution in [0.4, 0.5) is 4.39 Å². The molecule has 1 aliphatic heterocycles. The summed E-state index contributed by atoms with van der Waals surface area (Å²) in [6.07, 6.45) is 4.65. The summed E-state index contributed by atoms with van der Waals surface area (Å²) in [5, 5.41) is 6.46. The number of guanidine groups is 1. The molecule has 0 bridgehead atoms. The van der Waals surface area contributed by atoms with Crippen molar-refractivity contribution in [3.05, 3.63) is 35.6 Å². The number of likely N-dealkylation sites (tertiary alicyclic amines) is 1. The largest absolute Gasteiger partial charge is 0.357 e. The number of hydrogen-bond donors (Lipinski definition) is 2. The van der Waals surface area contributed by atoms with E-state index in [1.165, 1.54) is 18.6 Å². The fraction of sp³-hybridized carbons (Fsp3) is 0.600. The number of benzene rings is 1. The first-order chi connectivity index (χ1) is 12.6. The van der Waals surface area contributed by atoms with Gasteiger partial charge in [-0.25, -0.2) is 4.39 Å². The Kier molecular flexibility index (Phi) is 11.3. The number of piperidine rings is 1. The average molecular weight is 490 g/mol. The van der Waals surface area contributed by atoms with Crippen molar-refractivity contribution in [1.82, 2.24) is 15.5 Å². The molecule has 5 nitrogen and oxygen atoms in total. The van der Waals surface area contributed by atoms with Crippen molar-refractivity contribution in [3.8, 4) is 0 Å². The SMILES string of the molecule is CCNC(=NCCC(=O)N1CCCCC1C)NCCc1ccc(F)cc1.I. The fourth-order valence-electron chi connectivity index (χ4n) is 3.19. The van der Waals surface area contributed by atoms with Gasteiger partial charge in [0.25, 0.3) is 0 Å². The number of hydrogen-bond acceptors (Lipinski definition) is 2. The second kappa shape index (κ2) is 12.9. The molecule has 2 rings (SSSR count). The lowest BCUT2D eigenvalue weighted by molar-refractivity contribution is -0.134. The van der Waals surface area contributed by atoms with Gasteiger partial charge in [0.1, 0.15) is 5.82 Å². The van der Waals surface area contributed by atoms with Crippen molar-refractivity contribution in [1.29, 1.82) is 0 Å². The smallest absolute Gasteiger partial charge is 0.224 e. The van der Waals surface area contributed by atoms with Gasteiger partial charge < -0.3 is 15.5 Å². The van der Waals surface area contributed by atoms with E-state index in [-0.39, 0.29) is 35.7 Å². The number of nitrogens with zero attached hydrogens (tertiary/aromatic N) is 2. The Morgan fingerprint density at radius 3 is 2.67 bits per heavy atom. The summed E-state index contributed by atoms with van der Waals surface area (Å²) >= 11 is 0. The van der Waals surface area contributed by atoms with Crippen molar-refractivity contribution >= 4 is 35.8 Å². The number of aliphatic imine (C=N–C) groups is 1. The molecule has 1 aliphatic rings. The highest BCUT2D eigenvalue weighted by Gasteiger charge is 2.22. The van der Waals surface area contributed by atoms with Crippen molar-refractivity contribution in [2.45, 2.75) is 52.0 Å². The zero-order valence-corrected chi connectivity index (χ0v) is 18.7. The number of carbonyl (C=O) groups is 1. The van der Waals surface area contributed by atoms with Crippen LogP contribution in [0.25, 0.3) is 0 Å². The van der Waals surface area contributed by atoms with E-state index in [1.807, 2.05) is 11.8 Å². The summed E-state index contributed by atoms with van der Waals surface area (Å²) in [5.74, 6) is 0.696. The zero-order valence-electron chi connectivity index (χ0n) is 16.3. The third-order valence-electron chi connectivity index (χ3n) is 4.68. The maximum Gasteiger partial charge on any atom is 0.224 e. The van der Waals surface area contributed by atoms with Gasteiger partial charge >= 0.3 is 0 Å². The molecular formula is C20H32FIN4O. The van der Waals surface area contributed by atoms with Crippen molar-refractivity contribution < 1.29 is 9.18 Å². The third kappa shape index (κ3) is 8.45.